The van der Waals surface area contributed by atoms with Crippen molar-refractivity contribution in [1.29, 1.82) is 0 Å². The second-order valence-electron chi connectivity index (χ2n) is 5.00. The number of carbonyl (C=O) groups excluding carboxylic acids is 1. The molecule has 20 heavy (non-hydrogen) atoms. The molecule has 0 spiro atoms. The third kappa shape index (κ3) is 2.37. The van der Waals surface area contributed by atoms with Gasteiger partial charge < -0.3 is 10.0 Å². The van der Waals surface area contributed by atoms with Crippen molar-refractivity contribution < 1.29 is 19.1 Å². The molecule has 1 saturated carbocycles. The Morgan fingerprint density at radius 1 is 1.45 bits per heavy atom. The lowest BCUT2D eigenvalue weighted by Crippen LogP contribution is -2.46. The van der Waals surface area contributed by atoms with E-state index in [-0.39, 0.29) is 10.9 Å². The van der Waals surface area contributed by atoms with Crippen LogP contribution in [0.15, 0.2) is 18.3 Å². The van der Waals surface area contributed by atoms with Gasteiger partial charge in [-0.05, 0) is 24.8 Å². The third-order valence-electron chi connectivity index (χ3n) is 3.55. The Hall–Kier alpha value is -1.63. The maximum absolute atomic E-state index is 13.1. The Kier molecular flexibility index (Phi) is 3.37. The van der Waals surface area contributed by atoms with Crippen molar-refractivity contribution in [2.24, 2.45) is 5.92 Å². The van der Waals surface area contributed by atoms with Crippen LogP contribution >= 0.6 is 11.8 Å². The van der Waals surface area contributed by atoms with Gasteiger partial charge in [-0.15, -0.1) is 11.8 Å². The van der Waals surface area contributed by atoms with Crippen LogP contribution in [0.25, 0.3) is 0 Å². The molecule has 1 N–H and O–H groups in total. The molecule has 0 radical (unpaired) electrons. The number of halogens is 1. The van der Waals surface area contributed by atoms with Gasteiger partial charge in [0.2, 0.25) is 5.95 Å². The van der Waals surface area contributed by atoms with Gasteiger partial charge in [0.15, 0.2) is 0 Å². The molecule has 2 aliphatic rings. The molecule has 2 heterocycles. The van der Waals surface area contributed by atoms with Crippen LogP contribution in [-0.2, 0) is 4.79 Å². The third-order valence-corrected chi connectivity index (χ3v) is 5.01. The fraction of sp³-hybridized carbons (Fsp3) is 0.462. The standard InChI is InChI=1S/C13H13FN2O3S/c14-10-5-8(3-4-15-10)11(17)16-9(13(18)19)6-20-12(16)7-1-2-7/h3-5,7,9,12H,1-2,6H2,(H,18,19). The largest absolute Gasteiger partial charge is 0.480 e. The normalized spacial score (nSPS) is 25.8. The van der Waals surface area contributed by atoms with Crippen molar-refractivity contribution >= 4 is 23.6 Å². The Balaban J connectivity index is 1.90. The lowest BCUT2D eigenvalue weighted by atomic mass is 10.1. The van der Waals surface area contributed by atoms with Gasteiger partial charge in [-0.1, -0.05) is 0 Å². The van der Waals surface area contributed by atoms with E-state index >= 15 is 0 Å². The fourth-order valence-electron chi connectivity index (χ4n) is 2.40. The quantitative estimate of drug-likeness (QED) is 0.858. The molecule has 1 aliphatic heterocycles. The van der Waals surface area contributed by atoms with Crippen LogP contribution in [0.2, 0.25) is 0 Å². The summed E-state index contributed by atoms with van der Waals surface area (Å²) in [4.78, 5) is 28.6. The van der Waals surface area contributed by atoms with Crippen molar-refractivity contribution in [3.63, 3.8) is 0 Å². The monoisotopic (exact) mass is 296 g/mol. The molecule has 1 aliphatic carbocycles. The summed E-state index contributed by atoms with van der Waals surface area (Å²) in [7, 11) is 0. The number of carboxylic acid groups (broad SMARTS) is 1. The Morgan fingerprint density at radius 3 is 2.80 bits per heavy atom. The van der Waals surface area contributed by atoms with E-state index in [2.05, 4.69) is 4.98 Å². The lowest BCUT2D eigenvalue weighted by molar-refractivity contribution is -0.141. The molecule has 1 amide bonds. The number of aromatic nitrogens is 1. The minimum atomic E-state index is -1.01. The second kappa shape index (κ2) is 5.05. The highest BCUT2D eigenvalue weighted by atomic mass is 32.2. The summed E-state index contributed by atoms with van der Waals surface area (Å²) in [5, 5.41) is 9.15. The van der Waals surface area contributed by atoms with Gasteiger partial charge in [0.1, 0.15) is 6.04 Å². The van der Waals surface area contributed by atoms with E-state index in [0.717, 1.165) is 18.9 Å². The fourth-order valence-corrected chi connectivity index (χ4v) is 4.03. The number of aliphatic carboxylic acids is 1. The van der Waals surface area contributed by atoms with Crippen LogP contribution in [0, 0.1) is 11.9 Å². The zero-order valence-electron chi connectivity index (χ0n) is 10.5. The molecule has 2 fully saturated rings. The number of pyridine rings is 1. The number of rotatable bonds is 3. The number of hydrogen-bond donors (Lipinski definition) is 1. The summed E-state index contributed by atoms with van der Waals surface area (Å²) < 4.78 is 13.1. The van der Waals surface area contributed by atoms with Crippen LogP contribution in [0.4, 0.5) is 4.39 Å². The number of nitrogens with zero attached hydrogens (tertiary/aromatic N) is 2. The molecule has 1 aromatic heterocycles. The zero-order valence-corrected chi connectivity index (χ0v) is 11.3. The minimum absolute atomic E-state index is 0.111. The van der Waals surface area contributed by atoms with Gasteiger partial charge in [-0.25, -0.2) is 9.78 Å². The number of amides is 1. The Labute approximate surface area is 119 Å². The number of carboxylic acids is 1. The van der Waals surface area contributed by atoms with E-state index in [1.54, 1.807) is 0 Å². The van der Waals surface area contributed by atoms with Crippen molar-refractivity contribution in [2.75, 3.05) is 5.75 Å². The van der Waals surface area contributed by atoms with Gasteiger partial charge in [-0.2, -0.15) is 4.39 Å². The molecule has 0 aromatic carbocycles. The number of carbonyl (C=O) groups is 2. The Bertz CT molecular complexity index is 564. The average molecular weight is 296 g/mol. The minimum Gasteiger partial charge on any atom is -0.480 e. The van der Waals surface area contributed by atoms with Crippen molar-refractivity contribution in [2.45, 2.75) is 24.3 Å². The maximum atomic E-state index is 13.1. The lowest BCUT2D eigenvalue weighted by Gasteiger charge is -2.27. The summed E-state index contributed by atoms with van der Waals surface area (Å²) in [5.41, 5.74) is 0.150. The molecule has 3 rings (SSSR count). The predicted octanol–water partition coefficient (Wildman–Crippen LogP) is 1.60. The smallest absolute Gasteiger partial charge is 0.327 e. The molecule has 5 nitrogen and oxygen atoms in total. The van der Waals surface area contributed by atoms with Gasteiger partial charge >= 0.3 is 5.97 Å². The highest BCUT2D eigenvalue weighted by molar-refractivity contribution is 8.00. The van der Waals surface area contributed by atoms with E-state index in [1.165, 1.54) is 28.9 Å². The molecule has 2 unspecified atom stereocenters. The molecule has 106 valence electrons. The summed E-state index contributed by atoms with van der Waals surface area (Å²) >= 11 is 1.50. The van der Waals surface area contributed by atoms with Crippen LogP contribution in [0.1, 0.15) is 23.2 Å². The van der Waals surface area contributed by atoms with Crippen LogP contribution in [0.3, 0.4) is 0 Å². The molecule has 0 bridgehead atoms. The zero-order chi connectivity index (χ0) is 14.3. The molecule has 1 aromatic rings. The molecular formula is C13H13FN2O3S. The van der Waals surface area contributed by atoms with E-state index in [1.807, 2.05) is 0 Å². The Morgan fingerprint density at radius 2 is 2.20 bits per heavy atom. The number of thioether (sulfide) groups is 1. The van der Waals surface area contributed by atoms with E-state index in [0.29, 0.717) is 11.7 Å². The van der Waals surface area contributed by atoms with Crippen molar-refractivity contribution in [3.05, 3.63) is 29.8 Å². The van der Waals surface area contributed by atoms with E-state index in [9.17, 15) is 19.1 Å². The second-order valence-corrected chi connectivity index (χ2v) is 6.14. The average Bonchev–Trinajstić information content (AvgIpc) is 3.16. The SMILES string of the molecule is O=C(O)C1CSC(C2CC2)N1C(=O)c1ccnc(F)c1. The molecule has 1 saturated heterocycles. The molecule has 7 heteroatoms. The van der Waals surface area contributed by atoms with Crippen molar-refractivity contribution in [3.8, 4) is 0 Å². The summed E-state index contributed by atoms with van der Waals surface area (Å²) in [6.07, 6.45) is 3.24. The first-order chi connectivity index (χ1) is 9.58. The van der Waals surface area contributed by atoms with Gasteiger partial charge in [0.25, 0.3) is 5.91 Å². The first kappa shape index (κ1) is 13.4. The number of hydrogen-bond acceptors (Lipinski definition) is 4. The maximum Gasteiger partial charge on any atom is 0.327 e. The molecule has 2 atom stereocenters. The summed E-state index contributed by atoms with van der Waals surface area (Å²) in [6, 6.07) is 1.63. The van der Waals surface area contributed by atoms with Gasteiger partial charge in [0.05, 0.1) is 5.37 Å². The first-order valence-corrected chi connectivity index (χ1v) is 7.41. The van der Waals surface area contributed by atoms with E-state index < -0.39 is 23.9 Å². The molecular weight excluding hydrogens is 283 g/mol. The highest BCUT2D eigenvalue weighted by Crippen LogP contribution is 2.45. The van der Waals surface area contributed by atoms with Crippen molar-refractivity contribution in [1.82, 2.24) is 9.88 Å². The van der Waals surface area contributed by atoms with Crippen LogP contribution in [-0.4, -0.2) is 44.0 Å². The summed E-state index contributed by atoms with van der Waals surface area (Å²) in [6.45, 7) is 0. The van der Waals surface area contributed by atoms with Crippen LogP contribution in [0.5, 0.6) is 0 Å². The van der Waals surface area contributed by atoms with Gasteiger partial charge in [0, 0.05) is 23.6 Å². The van der Waals surface area contributed by atoms with Gasteiger partial charge in [-0.3, -0.25) is 4.79 Å². The predicted molar refractivity (Wildman–Crippen MR) is 70.8 cm³/mol. The topological polar surface area (TPSA) is 70.5 Å². The first-order valence-electron chi connectivity index (χ1n) is 6.36. The van der Waals surface area contributed by atoms with Crippen LogP contribution < -0.4 is 0 Å². The van der Waals surface area contributed by atoms with E-state index in [4.69, 9.17) is 0 Å². The highest BCUT2D eigenvalue weighted by Gasteiger charge is 2.48. The summed E-state index contributed by atoms with van der Waals surface area (Å²) in [5.74, 6) is -1.43.